The second kappa shape index (κ2) is 5.39. The molecule has 1 fully saturated rings. The topological polar surface area (TPSA) is 33.5 Å². The first-order valence-electron chi connectivity index (χ1n) is 6.51. The van der Waals surface area contributed by atoms with Gasteiger partial charge in [-0.05, 0) is 25.8 Å². The molecule has 0 bridgehead atoms. The summed E-state index contributed by atoms with van der Waals surface area (Å²) in [5, 5.41) is 0. The number of carbonyl (C=O) groups is 1. The highest BCUT2D eigenvalue weighted by Crippen LogP contribution is 2.23. The summed E-state index contributed by atoms with van der Waals surface area (Å²) < 4.78 is 5.20. The van der Waals surface area contributed by atoms with E-state index in [9.17, 15) is 4.79 Å². The van der Waals surface area contributed by atoms with Crippen LogP contribution in [0, 0.1) is 6.92 Å². The van der Waals surface area contributed by atoms with Crippen molar-refractivity contribution >= 4 is 5.91 Å². The third-order valence-electron chi connectivity index (χ3n) is 3.78. The van der Waals surface area contributed by atoms with Crippen molar-refractivity contribution in [3.63, 3.8) is 0 Å². The molecule has 1 saturated carbocycles. The van der Waals surface area contributed by atoms with Gasteiger partial charge in [0.05, 0.1) is 11.8 Å². The third-order valence-corrected chi connectivity index (χ3v) is 3.78. The number of rotatable bonds is 2. The van der Waals surface area contributed by atoms with Crippen molar-refractivity contribution in [2.75, 3.05) is 7.05 Å². The fourth-order valence-corrected chi connectivity index (χ4v) is 2.61. The molecule has 1 aromatic rings. The second-order valence-electron chi connectivity index (χ2n) is 4.95. The van der Waals surface area contributed by atoms with Crippen LogP contribution in [0.2, 0.25) is 0 Å². The summed E-state index contributed by atoms with van der Waals surface area (Å²) in [6, 6.07) is 2.17. The van der Waals surface area contributed by atoms with Gasteiger partial charge >= 0.3 is 0 Å². The summed E-state index contributed by atoms with van der Waals surface area (Å²) in [4.78, 5) is 14.2. The van der Waals surface area contributed by atoms with Crippen LogP contribution in [0.15, 0.2) is 16.7 Å². The smallest absolute Gasteiger partial charge is 0.257 e. The third kappa shape index (κ3) is 2.71. The monoisotopic (exact) mass is 235 g/mol. The Morgan fingerprint density at radius 3 is 2.47 bits per heavy atom. The van der Waals surface area contributed by atoms with Crippen LogP contribution in [0.4, 0.5) is 0 Å². The molecular weight excluding hydrogens is 214 g/mol. The van der Waals surface area contributed by atoms with Gasteiger partial charge in [-0.3, -0.25) is 4.79 Å². The van der Waals surface area contributed by atoms with Crippen LogP contribution in [0.5, 0.6) is 0 Å². The van der Waals surface area contributed by atoms with Gasteiger partial charge in [-0.2, -0.15) is 0 Å². The van der Waals surface area contributed by atoms with Crippen LogP contribution in [0.25, 0.3) is 0 Å². The lowest BCUT2D eigenvalue weighted by Crippen LogP contribution is -2.36. The predicted octanol–water partition coefficient (Wildman–Crippen LogP) is 3.38. The quantitative estimate of drug-likeness (QED) is 0.736. The highest BCUT2D eigenvalue weighted by molar-refractivity contribution is 5.95. The lowest BCUT2D eigenvalue weighted by atomic mass is 10.1. The molecule has 17 heavy (non-hydrogen) atoms. The minimum atomic E-state index is 0.100. The summed E-state index contributed by atoms with van der Waals surface area (Å²) in [5.41, 5.74) is 0.705. The molecule has 1 aliphatic rings. The highest BCUT2D eigenvalue weighted by atomic mass is 16.3. The van der Waals surface area contributed by atoms with E-state index in [0.717, 1.165) is 18.6 Å². The van der Waals surface area contributed by atoms with Crippen molar-refractivity contribution in [1.29, 1.82) is 0 Å². The Morgan fingerprint density at radius 2 is 1.94 bits per heavy atom. The molecule has 0 aliphatic heterocycles. The van der Waals surface area contributed by atoms with Gasteiger partial charge in [0, 0.05) is 13.1 Å². The Morgan fingerprint density at radius 1 is 1.29 bits per heavy atom. The zero-order valence-corrected chi connectivity index (χ0v) is 10.7. The van der Waals surface area contributed by atoms with Gasteiger partial charge in [-0.15, -0.1) is 0 Å². The van der Waals surface area contributed by atoms with E-state index >= 15 is 0 Å². The Bertz CT molecular complexity index is 375. The van der Waals surface area contributed by atoms with Crippen molar-refractivity contribution in [2.24, 2.45) is 0 Å². The molecule has 0 aromatic carbocycles. The average molecular weight is 235 g/mol. The van der Waals surface area contributed by atoms with Gasteiger partial charge in [-0.1, -0.05) is 25.7 Å². The standard InChI is InChI=1S/C14H21NO2/c1-11-13(9-10-17-11)14(16)15(2)12-7-5-3-4-6-8-12/h9-10,12H,3-8H2,1-2H3. The Hall–Kier alpha value is -1.25. The molecule has 0 atom stereocenters. The summed E-state index contributed by atoms with van der Waals surface area (Å²) in [5.74, 6) is 0.818. The maximum absolute atomic E-state index is 12.3. The summed E-state index contributed by atoms with van der Waals surface area (Å²) in [7, 11) is 1.92. The van der Waals surface area contributed by atoms with E-state index in [4.69, 9.17) is 4.42 Å². The van der Waals surface area contributed by atoms with Gasteiger partial charge in [0.1, 0.15) is 5.76 Å². The summed E-state index contributed by atoms with van der Waals surface area (Å²) >= 11 is 0. The molecule has 1 aromatic heterocycles. The lowest BCUT2D eigenvalue weighted by molar-refractivity contribution is 0.0716. The van der Waals surface area contributed by atoms with E-state index in [-0.39, 0.29) is 5.91 Å². The van der Waals surface area contributed by atoms with E-state index in [2.05, 4.69) is 0 Å². The maximum Gasteiger partial charge on any atom is 0.257 e. The van der Waals surface area contributed by atoms with E-state index in [1.165, 1.54) is 25.7 Å². The van der Waals surface area contributed by atoms with E-state index < -0.39 is 0 Å². The van der Waals surface area contributed by atoms with Gasteiger partial charge in [0.15, 0.2) is 0 Å². The minimum absolute atomic E-state index is 0.100. The average Bonchev–Trinajstić information content (AvgIpc) is 2.60. The zero-order chi connectivity index (χ0) is 12.3. The van der Waals surface area contributed by atoms with E-state index in [1.807, 2.05) is 18.9 Å². The molecule has 1 amide bonds. The normalized spacial score (nSPS) is 17.8. The summed E-state index contributed by atoms with van der Waals surface area (Å²) in [6.45, 7) is 1.84. The van der Waals surface area contributed by atoms with Crippen LogP contribution in [-0.4, -0.2) is 23.9 Å². The molecule has 1 heterocycles. The van der Waals surface area contributed by atoms with E-state index in [1.54, 1.807) is 12.3 Å². The van der Waals surface area contributed by atoms with E-state index in [0.29, 0.717) is 11.6 Å². The van der Waals surface area contributed by atoms with Crippen molar-refractivity contribution in [1.82, 2.24) is 4.90 Å². The molecule has 1 aliphatic carbocycles. The molecular formula is C14H21NO2. The summed E-state index contributed by atoms with van der Waals surface area (Å²) in [6.07, 6.45) is 8.97. The zero-order valence-electron chi connectivity index (χ0n) is 10.7. The van der Waals surface area contributed by atoms with Crippen molar-refractivity contribution < 1.29 is 9.21 Å². The van der Waals surface area contributed by atoms with Crippen LogP contribution >= 0.6 is 0 Å². The van der Waals surface area contributed by atoms with Gasteiger partial charge in [0.25, 0.3) is 5.91 Å². The largest absolute Gasteiger partial charge is 0.469 e. The molecule has 94 valence electrons. The Balaban J connectivity index is 2.06. The number of nitrogens with zero attached hydrogens (tertiary/aromatic N) is 1. The fraction of sp³-hybridized carbons (Fsp3) is 0.643. The molecule has 0 N–H and O–H groups in total. The SMILES string of the molecule is Cc1occc1C(=O)N(C)C1CCCCCC1. The number of hydrogen-bond acceptors (Lipinski definition) is 2. The Labute approximate surface area is 103 Å². The van der Waals surface area contributed by atoms with Crippen LogP contribution in [-0.2, 0) is 0 Å². The fourth-order valence-electron chi connectivity index (χ4n) is 2.61. The number of furan rings is 1. The molecule has 2 rings (SSSR count). The van der Waals surface area contributed by atoms with Crippen molar-refractivity contribution in [3.8, 4) is 0 Å². The first-order chi connectivity index (χ1) is 8.20. The number of hydrogen-bond donors (Lipinski definition) is 0. The number of carbonyl (C=O) groups excluding carboxylic acids is 1. The first-order valence-corrected chi connectivity index (χ1v) is 6.51. The number of aryl methyl sites for hydroxylation is 1. The molecule has 0 spiro atoms. The van der Waals surface area contributed by atoms with Crippen molar-refractivity contribution in [2.45, 2.75) is 51.5 Å². The molecule has 0 saturated heterocycles. The minimum Gasteiger partial charge on any atom is -0.469 e. The Kier molecular flexibility index (Phi) is 3.87. The van der Waals surface area contributed by atoms with Crippen molar-refractivity contribution in [3.05, 3.63) is 23.7 Å². The van der Waals surface area contributed by atoms with Crippen LogP contribution < -0.4 is 0 Å². The van der Waals surface area contributed by atoms with Crippen LogP contribution in [0.3, 0.4) is 0 Å². The highest BCUT2D eigenvalue weighted by Gasteiger charge is 2.23. The van der Waals surface area contributed by atoms with Gasteiger partial charge in [-0.25, -0.2) is 0 Å². The van der Waals surface area contributed by atoms with Gasteiger partial charge in [0.2, 0.25) is 0 Å². The molecule has 3 nitrogen and oxygen atoms in total. The predicted molar refractivity (Wildman–Crippen MR) is 67.0 cm³/mol. The maximum atomic E-state index is 12.3. The molecule has 0 unspecified atom stereocenters. The molecule has 3 heteroatoms. The second-order valence-corrected chi connectivity index (χ2v) is 4.95. The number of amides is 1. The first kappa shape index (κ1) is 12.2. The lowest BCUT2D eigenvalue weighted by Gasteiger charge is -2.27. The van der Waals surface area contributed by atoms with Gasteiger partial charge < -0.3 is 9.32 Å². The molecule has 0 radical (unpaired) electrons. The van der Waals surface area contributed by atoms with Crippen LogP contribution in [0.1, 0.15) is 54.6 Å².